The SMILES string of the molecule is COc1cc([C@@H]2NC(=O)OCC2(C)C)ccc1C.Cl. The van der Waals surface area contributed by atoms with Gasteiger partial charge >= 0.3 is 6.09 Å². The van der Waals surface area contributed by atoms with Crippen molar-refractivity contribution in [2.24, 2.45) is 5.41 Å². The van der Waals surface area contributed by atoms with Gasteiger partial charge in [-0.3, -0.25) is 0 Å². The van der Waals surface area contributed by atoms with Crippen LogP contribution in [0.1, 0.15) is 31.0 Å². The lowest BCUT2D eigenvalue weighted by atomic mass is 9.80. The first-order chi connectivity index (χ1) is 8.44. The van der Waals surface area contributed by atoms with Crippen LogP contribution in [0.4, 0.5) is 4.79 Å². The van der Waals surface area contributed by atoms with Crippen LogP contribution in [0.5, 0.6) is 5.75 Å². The van der Waals surface area contributed by atoms with E-state index < -0.39 is 0 Å². The Labute approximate surface area is 119 Å². The third-order valence-electron chi connectivity index (χ3n) is 3.38. The molecule has 0 unspecified atom stereocenters. The number of amides is 1. The number of hydrogen-bond acceptors (Lipinski definition) is 3. The number of nitrogens with one attached hydrogen (secondary N) is 1. The van der Waals surface area contributed by atoms with E-state index in [0.717, 1.165) is 16.9 Å². The average molecular weight is 286 g/mol. The maximum Gasteiger partial charge on any atom is 0.407 e. The molecule has 19 heavy (non-hydrogen) atoms. The van der Waals surface area contributed by atoms with E-state index in [1.54, 1.807) is 7.11 Å². The van der Waals surface area contributed by atoms with Gasteiger partial charge in [0.05, 0.1) is 13.2 Å². The minimum atomic E-state index is -0.362. The zero-order valence-corrected chi connectivity index (χ0v) is 12.5. The van der Waals surface area contributed by atoms with E-state index in [9.17, 15) is 4.79 Å². The van der Waals surface area contributed by atoms with Crippen LogP contribution in [-0.4, -0.2) is 19.8 Å². The minimum Gasteiger partial charge on any atom is -0.496 e. The van der Waals surface area contributed by atoms with Gasteiger partial charge in [0.1, 0.15) is 12.4 Å². The Morgan fingerprint density at radius 1 is 1.42 bits per heavy atom. The second-order valence-corrected chi connectivity index (χ2v) is 5.37. The Morgan fingerprint density at radius 2 is 2.11 bits per heavy atom. The van der Waals surface area contributed by atoms with Crippen molar-refractivity contribution in [2.75, 3.05) is 13.7 Å². The molecule has 1 N–H and O–H groups in total. The number of methoxy groups -OCH3 is 1. The quantitative estimate of drug-likeness (QED) is 0.907. The molecule has 1 aromatic carbocycles. The van der Waals surface area contributed by atoms with Gasteiger partial charge in [-0.1, -0.05) is 26.0 Å². The fourth-order valence-corrected chi connectivity index (χ4v) is 2.24. The van der Waals surface area contributed by atoms with E-state index in [0.29, 0.717) is 6.61 Å². The number of benzene rings is 1. The van der Waals surface area contributed by atoms with E-state index in [1.807, 2.05) is 25.1 Å². The Hall–Kier alpha value is -1.42. The van der Waals surface area contributed by atoms with Gasteiger partial charge in [-0.25, -0.2) is 4.79 Å². The minimum absolute atomic E-state index is 0. The summed E-state index contributed by atoms with van der Waals surface area (Å²) in [5.41, 5.74) is 1.98. The van der Waals surface area contributed by atoms with Gasteiger partial charge < -0.3 is 14.8 Å². The molecule has 4 nitrogen and oxygen atoms in total. The lowest BCUT2D eigenvalue weighted by Gasteiger charge is -2.38. The van der Waals surface area contributed by atoms with E-state index in [1.165, 1.54) is 0 Å². The Kier molecular flexibility index (Phi) is 4.69. The third-order valence-corrected chi connectivity index (χ3v) is 3.38. The van der Waals surface area contributed by atoms with E-state index in [-0.39, 0.29) is 30.0 Å². The lowest BCUT2D eigenvalue weighted by Crippen LogP contribution is -2.46. The van der Waals surface area contributed by atoms with Gasteiger partial charge in [-0.05, 0) is 24.1 Å². The zero-order chi connectivity index (χ0) is 13.3. The molecule has 1 atom stereocenters. The van der Waals surface area contributed by atoms with Crippen molar-refractivity contribution in [3.05, 3.63) is 29.3 Å². The number of ether oxygens (including phenoxy) is 2. The summed E-state index contributed by atoms with van der Waals surface area (Å²) in [6.45, 7) is 6.56. The van der Waals surface area contributed by atoms with Crippen molar-refractivity contribution in [3.63, 3.8) is 0 Å². The number of aryl methyl sites for hydroxylation is 1. The summed E-state index contributed by atoms with van der Waals surface area (Å²) < 4.78 is 10.4. The van der Waals surface area contributed by atoms with Crippen LogP contribution in [0.15, 0.2) is 18.2 Å². The van der Waals surface area contributed by atoms with Gasteiger partial charge in [-0.2, -0.15) is 0 Å². The predicted octanol–water partition coefficient (Wildman–Crippen LogP) is 3.23. The molecule has 0 spiro atoms. The number of rotatable bonds is 2. The summed E-state index contributed by atoms with van der Waals surface area (Å²) in [5, 5.41) is 2.88. The number of carbonyl (C=O) groups is 1. The standard InChI is InChI=1S/C14H19NO3.ClH/c1-9-5-6-10(7-11(9)17-4)12-14(2,3)8-18-13(16)15-12;/h5-7,12H,8H2,1-4H3,(H,15,16);1H/t12-;/m0./s1. The number of alkyl carbamates (subject to hydrolysis) is 1. The molecule has 0 bridgehead atoms. The highest BCUT2D eigenvalue weighted by molar-refractivity contribution is 5.85. The molecule has 1 aliphatic heterocycles. The third kappa shape index (κ3) is 3.13. The molecule has 2 rings (SSSR count). The van der Waals surface area contributed by atoms with Crippen molar-refractivity contribution in [2.45, 2.75) is 26.8 Å². The van der Waals surface area contributed by atoms with Crippen molar-refractivity contribution in [3.8, 4) is 5.75 Å². The molecule has 0 saturated carbocycles. The molecule has 0 radical (unpaired) electrons. The van der Waals surface area contributed by atoms with Gasteiger partial charge in [-0.15, -0.1) is 12.4 Å². The van der Waals surface area contributed by atoms with Crippen molar-refractivity contribution < 1.29 is 14.3 Å². The average Bonchev–Trinajstić information content (AvgIpc) is 2.33. The number of hydrogen-bond donors (Lipinski definition) is 1. The van der Waals surface area contributed by atoms with Gasteiger partial charge in [0.25, 0.3) is 0 Å². The van der Waals surface area contributed by atoms with Crippen LogP contribution in [0.3, 0.4) is 0 Å². The Morgan fingerprint density at radius 3 is 2.74 bits per heavy atom. The van der Waals surface area contributed by atoms with Gasteiger partial charge in [0, 0.05) is 5.41 Å². The summed E-state index contributed by atoms with van der Waals surface area (Å²) in [6.07, 6.45) is -0.362. The van der Waals surface area contributed by atoms with Crippen molar-refractivity contribution >= 4 is 18.5 Å². The molecule has 106 valence electrons. The van der Waals surface area contributed by atoms with Crippen LogP contribution in [0.2, 0.25) is 0 Å². The number of carbonyl (C=O) groups excluding carboxylic acids is 1. The fourth-order valence-electron chi connectivity index (χ4n) is 2.24. The maximum atomic E-state index is 11.4. The fraction of sp³-hybridized carbons (Fsp3) is 0.500. The molecular formula is C14H20ClNO3. The maximum absolute atomic E-state index is 11.4. The second kappa shape index (κ2) is 5.70. The zero-order valence-electron chi connectivity index (χ0n) is 11.6. The number of cyclic esters (lactones) is 1. The molecule has 5 heteroatoms. The van der Waals surface area contributed by atoms with Crippen LogP contribution in [-0.2, 0) is 4.74 Å². The predicted molar refractivity (Wildman–Crippen MR) is 76.0 cm³/mol. The molecule has 1 aromatic rings. The molecule has 1 fully saturated rings. The normalized spacial score (nSPS) is 20.8. The van der Waals surface area contributed by atoms with Crippen molar-refractivity contribution in [1.82, 2.24) is 5.32 Å². The second-order valence-electron chi connectivity index (χ2n) is 5.37. The van der Waals surface area contributed by atoms with Crippen LogP contribution in [0, 0.1) is 12.3 Å². The lowest BCUT2D eigenvalue weighted by molar-refractivity contribution is 0.0387. The van der Waals surface area contributed by atoms with Gasteiger partial charge in [0.15, 0.2) is 0 Å². The molecule has 1 heterocycles. The van der Waals surface area contributed by atoms with E-state index >= 15 is 0 Å². The molecule has 0 aromatic heterocycles. The summed E-state index contributed by atoms with van der Waals surface area (Å²) in [7, 11) is 1.65. The van der Waals surface area contributed by atoms with Crippen LogP contribution in [0.25, 0.3) is 0 Å². The molecule has 1 saturated heterocycles. The first kappa shape index (κ1) is 15.6. The molecule has 1 aliphatic rings. The van der Waals surface area contributed by atoms with E-state index in [4.69, 9.17) is 9.47 Å². The monoisotopic (exact) mass is 285 g/mol. The summed E-state index contributed by atoms with van der Waals surface area (Å²) in [4.78, 5) is 11.4. The molecule has 1 amide bonds. The highest BCUT2D eigenvalue weighted by Crippen LogP contribution is 2.37. The van der Waals surface area contributed by atoms with E-state index in [2.05, 4.69) is 19.2 Å². The van der Waals surface area contributed by atoms with Crippen LogP contribution >= 0.6 is 12.4 Å². The topological polar surface area (TPSA) is 47.6 Å². The highest BCUT2D eigenvalue weighted by atomic mass is 35.5. The largest absolute Gasteiger partial charge is 0.496 e. The number of halogens is 1. The summed E-state index contributed by atoms with van der Waals surface area (Å²) in [6, 6.07) is 5.95. The summed E-state index contributed by atoms with van der Waals surface area (Å²) in [5.74, 6) is 0.837. The highest BCUT2D eigenvalue weighted by Gasteiger charge is 2.38. The smallest absolute Gasteiger partial charge is 0.407 e. The molecular weight excluding hydrogens is 266 g/mol. The first-order valence-electron chi connectivity index (χ1n) is 6.02. The Balaban J connectivity index is 0.00000180. The Bertz CT molecular complexity index is 474. The van der Waals surface area contributed by atoms with Crippen LogP contribution < -0.4 is 10.1 Å². The van der Waals surface area contributed by atoms with Gasteiger partial charge in [0.2, 0.25) is 0 Å². The van der Waals surface area contributed by atoms with Crippen molar-refractivity contribution in [1.29, 1.82) is 0 Å². The molecule has 0 aliphatic carbocycles. The first-order valence-corrected chi connectivity index (χ1v) is 6.02. The summed E-state index contributed by atoms with van der Waals surface area (Å²) >= 11 is 0.